The Hall–Kier alpha value is -1.86. The minimum absolute atomic E-state index is 0.202. The number of aromatic nitrogens is 1. The van der Waals surface area contributed by atoms with Crippen molar-refractivity contribution >= 4 is 5.91 Å². The number of pyridine rings is 1. The highest BCUT2D eigenvalue weighted by atomic mass is 16.6. The first kappa shape index (κ1) is 13.2. The molecule has 0 aromatic carbocycles. The quantitative estimate of drug-likeness (QED) is 0.498. The summed E-state index contributed by atoms with van der Waals surface area (Å²) in [6, 6.07) is 1.69. The number of hydrogen-bond donors (Lipinski definition) is 2. The largest absolute Gasteiger partial charge is 0.493 e. The lowest BCUT2D eigenvalue weighted by Gasteiger charge is -2.11. The van der Waals surface area contributed by atoms with Crippen molar-refractivity contribution in [1.29, 1.82) is 0 Å². The summed E-state index contributed by atoms with van der Waals surface area (Å²) in [6.07, 6.45) is 1.59. The van der Waals surface area contributed by atoms with Gasteiger partial charge < -0.3 is 15.2 Å². The van der Waals surface area contributed by atoms with E-state index < -0.39 is 5.91 Å². The molecule has 1 aromatic heterocycles. The van der Waals surface area contributed by atoms with E-state index in [0.717, 1.165) is 0 Å². The Morgan fingerprint density at radius 3 is 2.82 bits per heavy atom. The number of carbonyl (C=O) groups excluding carboxylic acids is 1. The molecule has 0 radical (unpaired) electrons. The normalized spacial score (nSPS) is 10.0. The molecule has 0 saturated carbocycles. The second-order valence-electron chi connectivity index (χ2n) is 3.07. The molecule has 0 unspecified atom stereocenters. The van der Waals surface area contributed by atoms with Crippen molar-refractivity contribution in [3.05, 3.63) is 18.0 Å². The van der Waals surface area contributed by atoms with Crippen LogP contribution in [0, 0.1) is 0 Å². The summed E-state index contributed by atoms with van der Waals surface area (Å²) in [5, 5.41) is 0. The van der Waals surface area contributed by atoms with Crippen LogP contribution in [-0.2, 0) is 16.2 Å². The van der Waals surface area contributed by atoms with Crippen molar-refractivity contribution in [1.82, 2.24) is 10.5 Å². The van der Waals surface area contributed by atoms with E-state index in [0.29, 0.717) is 17.2 Å². The topological polar surface area (TPSA) is 95.7 Å². The second-order valence-corrected chi connectivity index (χ2v) is 3.07. The van der Waals surface area contributed by atoms with E-state index in [1.54, 1.807) is 19.4 Å². The number of hydrogen-bond acceptors (Lipinski definition) is 6. The van der Waals surface area contributed by atoms with Crippen LogP contribution < -0.4 is 20.7 Å². The van der Waals surface area contributed by atoms with E-state index in [2.05, 4.69) is 10.5 Å². The zero-order chi connectivity index (χ0) is 12.7. The number of nitrogens with two attached hydrogens (primary N) is 1. The highest BCUT2D eigenvalue weighted by Gasteiger charge is 2.10. The molecule has 1 rings (SSSR count). The van der Waals surface area contributed by atoms with Crippen LogP contribution in [0.25, 0.3) is 0 Å². The molecule has 1 heterocycles. The second kappa shape index (κ2) is 6.66. The number of amides is 1. The van der Waals surface area contributed by atoms with Gasteiger partial charge in [-0.05, 0) is 0 Å². The van der Waals surface area contributed by atoms with Crippen molar-refractivity contribution in [2.45, 2.75) is 6.54 Å². The first-order valence-electron chi connectivity index (χ1n) is 4.87. The van der Waals surface area contributed by atoms with E-state index >= 15 is 0 Å². The average molecular weight is 241 g/mol. The average Bonchev–Trinajstić information content (AvgIpc) is 2.33. The van der Waals surface area contributed by atoms with Gasteiger partial charge in [0.15, 0.2) is 11.5 Å². The summed E-state index contributed by atoms with van der Waals surface area (Å²) in [6.45, 7) is 0.0694. The molecule has 3 N–H and O–H groups in total. The molecule has 17 heavy (non-hydrogen) atoms. The van der Waals surface area contributed by atoms with Crippen molar-refractivity contribution in [2.75, 3.05) is 20.8 Å². The van der Waals surface area contributed by atoms with E-state index in [4.69, 9.17) is 20.0 Å². The van der Waals surface area contributed by atoms with Crippen LogP contribution in [0.5, 0.6) is 11.5 Å². The number of nitrogens with one attached hydrogen (secondary N) is 1. The maximum Gasteiger partial charge on any atom is 0.245 e. The van der Waals surface area contributed by atoms with Crippen molar-refractivity contribution in [2.24, 2.45) is 5.73 Å². The Morgan fingerprint density at radius 1 is 1.47 bits per heavy atom. The number of nitrogens with zero attached hydrogens (tertiary/aromatic N) is 1. The Kier molecular flexibility index (Phi) is 5.18. The van der Waals surface area contributed by atoms with Crippen molar-refractivity contribution < 1.29 is 19.1 Å². The van der Waals surface area contributed by atoms with Gasteiger partial charge in [0, 0.05) is 12.3 Å². The van der Waals surface area contributed by atoms with Gasteiger partial charge in [-0.15, -0.1) is 0 Å². The van der Waals surface area contributed by atoms with Crippen LogP contribution in [0.15, 0.2) is 12.3 Å². The van der Waals surface area contributed by atoms with E-state index in [9.17, 15) is 4.79 Å². The van der Waals surface area contributed by atoms with Gasteiger partial charge >= 0.3 is 0 Å². The van der Waals surface area contributed by atoms with Crippen molar-refractivity contribution in [3.63, 3.8) is 0 Å². The third-order valence-electron chi connectivity index (χ3n) is 1.92. The number of methoxy groups -OCH3 is 2. The third-order valence-corrected chi connectivity index (χ3v) is 1.92. The van der Waals surface area contributed by atoms with Crippen LogP contribution in [0.2, 0.25) is 0 Å². The molecule has 7 nitrogen and oxygen atoms in total. The van der Waals surface area contributed by atoms with Crippen molar-refractivity contribution in [3.8, 4) is 11.5 Å². The summed E-state index contributed by atoms with van der Waals surface area (Å²) in [5.74, 6) is 0.544. The molecule has 0 atom stereocenters. The molecule has 0 spiro atoms. The Bertz CT molecular complexity index is 384. The van der Waals surface area contributed by atoms with Gasteiger partial charge in [0.25, 0.3) is 0 Å². The van der Waals surface area contributed by atoms with Gasteiger partial charge in [-0.2, -0.15) is 5.48 Å². The Morgan fingerprint density at radius 2 is 2.24 bits per heavy atom. The fraction of sp³-hybridized carbons (Fsp3) is 0.400. The molecule has 1 aromatic rings. The van der Waals surface area contributed by atoms with Crippen LogP contribution in [-0.4, -0.2) is 31.7 Å². The molecule has 0 bridgehead atoms. The summed E-state index contributed by atoms with van der Waals surface area (Å²) in [5.41, 5.74) is 8.08. The fourth-order valence-corrected chi connectivity index (χ4v) is 1.22. The maximum atomic E-state index is 10.4. The van der Waals surface area contributed by atoms with E-state index in [1.807, 2.05) is 0 Å². The summed E-state index contributed by atoms with van der Waals surface area (Å²) in [7, 11) is 3.06. The third kappa shape index (κ3) is 3.89. The van der Waals surface area contributed by atoms with Crippen LogP contribution in [0.4, 0.5) is 0 Å². The van der Waals surface area contributed by atoms with E-state index in [-0.39, 0.29) is 13.2 Å². The first-order chi connectivity index (χ1) is 8.19. The van der Waals surface area contributed by atoms with Gasteiger partial charge in [0.2, 0.25) is 5.91 Å². The Labute approximate surface area is 98.8 Å². The van der Waals surface area contributed by atoms with Gasteiger partial charge in [-0.3, -0.25) is 14.6 Å². The lowest BCUT2D eigenvalue weighted by molar-refractivity contribution is -0.125. The molecule has 0 aliphatic carbocycles. The summed E-state index contributed by atoms with van der Waals surface area (Å²) < 4.78 is 10.3. The fourth-order valence-electron chi connectivity index (χ4n) is 1.22. The highest BCUT2D eigenvalue weighted by molar-refractivity contribution is 5.74. The number of primary amides is 1. The standard InChI is InChI=1S/C10H15N3O4/c1-15-8-3-4-12-7(10(8)16-2)5-13-17-6-9(11)14/h3-4,13H,5-6H2,1-2H3,(H2,11,14). The molecular weight excluding hydrogens is 226 g/mol. The lowest BCUT2D eigenvalue weighted by atomic mass is 10.3. The monoisotopic (exact) mass is 241 g/mol. The summed E-state index contributed by atoms with van der Waals surface area (Å²) in [4.78, 5) is 19.4. The predicted octanol–water partition coefficient (Wildman–Crippen LogP) is -0.395. The molecule has 0 saturated heterocycles. The Balaban J connectivity index is 2.60. The zero-order valence-electron chi connectivity index (χ0n) is 9.73. The number of hydroxylamine groups is 1. The molecule has 0 aliphatic rings. The zero-order valence-corrected chi connectivity index (χ0v) is 9.73. The molecule has 0 aliphatic heterocycles. The van der Waals surface area contributed by atoms with Gasteiger partial charge in [-0.1, -0.05) is 0 Å². The van der Waals surface area contributed by atoms with Crippen LogP contribution in [0.1, 0.15) is 5.69 Å². The maximum absolute atomic E-state index is 10.4. The van der Waals surface area contributed by atoms with Gasteiger partial charge in [0.05, 0.1) is 20.8 Å². The number of carbonyl (C=O) groups is 1. The molecule has 7 heteroatoms. The molecule has 1 amide bonds. The SMILES string of the molecule is COc1ccnc(CNOCC(N)=O)c1OC. The lowest BCUT2D eigenvalue weighted by Crippen LogP contribution is -2.25. The summed E-state index contributed by atoms with van der Waals surface area (Å²) >= 11 is 0. The highest BCUT2D eigenvalue weighted by Crippen LogP contribution is 2.28. The minimum Gasteiger partial charge on any atom is -0.493 e. The molecular formula is C10H15N3O4. The van der Waals surface area contributed by atoms with E-state index in [1.165, 1.54) is 7.11 Å². The molecule has 0 fully saturated rings. The number of ether oxygens (including phenoxy) is 2. The van der Waals surface area contributed by atoms with Crippen LogP contribution >= 0.6 is 0 Å². The minimum atomic E-state index is -0.553. The van der Waals surface area contributed by atoms with Gasteiger partial charge in [-0.25, -0.2) is 0 Å². The smallest absolute Gasteiger partial charge is 0.245 e. The molecule has 94 valence electrons. The van der Waals surface area contributed by atoms with Crippen LogP contribution in [0.3, 0.4) is 0 Å². The number of rotatable bonds is 7. The predicted molar refractivity (Wildman–Crippen MR) is 59.3 cm³/mol. The first-order valence-corrected chi connectivity index (χ1v) is 4.87. The van der Waals surface area contributed by atoms with Gasteiger partial charge in [0.1, 0.15) is 12.3 Å².